The van der Waals surface area contributed by atoms with Gasteiger partial charge in [-0.1, -0.05) is 134 Å². The maximum atomic E-state index is 2.43. The number of para-hydroxylation sites is 5. The van der Waals surface area contributed by atoms with E-state index in [9.17, 15) is 0 Å². The van der Waals surface area contributed by atoms with E-state index in [0.29, 0.717) is 5.92 Å². The van der Waals surface area contributed by atoms with Crippen molar-refractivity contribution < 1.29 is 0 Å². The minimum atomic E-state index is 0.506. The summed E-state index contributed by atoms with van der Waals surface area (Å²) in [4.78, 5) is 4.72. The van der Waals surface area contributed by atoms with Crippen molar-refractivity contribution in [2.75, 3.05) is 9.80 Å². The first-order valence-corrected chi connectivity index (χ1v) is 22.6. The van der Waals surface area contributed by atoms with Gasteiger partial charge in [-0.05, 0) is 139 Å². The molecule has 0 aliphatic heterocycles. The molecule has 1 atom stereocenters. The van der Waals surface area contributed by atoms with Crippen LogP contribution in [0.15, 0.2) is 243 Å². The van der Waals surface area contributed by atoms with Gasteiger partial charge in [0.1, 0.15) is 0 Å². The summed E-state index contributed by atoms with van der Waals surface area (Å²) in [5.74, 6) is 0.506. The highest BCUT2D eigenvalue weighted by atomic mass is 15.1. The van der Waals surface area contributed by atoms with Crippen molar-refractivity contribution >= 4 is 83.4 Å². The highest BCUT2D eigenvalue weighted by Crippen LogP contribution is 2.43. The third-order valence-electron chi connectivity index (χ3n) is 13.0. The molecule has 2 aromatic heterocycles. The van der Waals surface area contributed by atoms with Gasteiger partial charge in [-0.2, -0.15) is 0 Å². The molecule has 4 nitrogen and oxygen atoms in total. The Balaban J connectivity index is 0.899. The SMILES string of the molecule is CC1C=C(n2c3ccccc3c3cc(N(c4ccccc4)c4ccc(-c5ccc(N(c6ccccc6)c6ccc7c(c6)c6ccccc6n7-c6ccccc6)cc5)cc4)ccc32)C=CC1. The van der Waals surface area contributed by atoms with E-state index in [1.165, 1.54) is 49.3 Å². The van der Waals surface area contributed by atoms with Crippen molar-refractivity contribution in [1.29, 1.82) is 0 Å². The Morgan fingerprint density at radius 1 is 0.369 bits per heavy atom. The van der Waals surface area contributed by atoms with Crippen LogP contribution in [-0.4, -0.2) is 9.13 Å². The molecule has 1 aliphatic carbocycles. The lowest BCUT2D eigenvalue weighted by Crippen LogP contribution is -2.10. The van der Waals surface area contributed by atoms with Crippen LogP contribution in [0.1, 0.15) is 13.3 Å². The smallest absolute Gasteiger partial charge is 0.0542 e. The summed E-state index contributed by atoms with van der Waals surface area (Å²) in [7, 11) is 0. The van der Waals surface area contributed by atoms with Gasteiger partial charge < -0.3 is 18.9 Å². The predicted molar refractivity (Wildman–Crippen MR) is 276 cm³/mol. The number of benzene rings is 9. The average Bonchev–Trinajstić information content (AvgIpc) is 3.88. The molecule has 1 unspecified atom stereocenters. The highest BCUT2D eigenvalue weighted by Gasteiger charge is 2.20. The molecule has 9 aromatic carbocycles. The molecule has 11 aromatic rings. The van der Waals surface area contributed by atoms with Gasteiger partial charge >= 0.3 is 0 Å². The fourth-order valence-corrected chi connectivity index (χ4v) is 9.96. The molecule has 0 saturated carbocycles. The molecule has 310 valence electrons. The summed E-state index contributed by atoms with van der Waals surface area (Å²) in [6, 6.07) is 81.3. The molecule has 2 heterocycles. The van der Waals surface area contributed by atoms with Crippen molar-refractivity contribution in [2.24, 2.45) is 5.92 Å². The van der Waals surface area contributed by atoms with Crippen molar-refractivity contribution in [2.45, 2.75) is 13.3 Å². The standard InChI is InChI=1S/C61H46N4/c1-43-16-15-23-51(40-43)65-59-27-14-12-25-55(59)57-42-53(37-39-61(57)65)63(47-19-7-3-8-20-47)50-34-30-45(31-35-50)44-28-32-49(33-29-44)62(46-17-5-2-6-18-46)52-36-38-60-56(41-52)54-24-11-13-26-58(54)64(60)48-21-9-4-10-22-48/h2-15,17-43H,16H2,1H3. The van der Waals surface area contributed by atoms with Crippen LogP contribution < -0.4 is 9.80 Å². The van der Waals surface area contributed by atoms with Gasteiger partial charge in [0.2, 0.25) is 0 Å². The zero-order chi connectivity index (χ0) is 43.3. The zero-order valence-electron chi connectivity index (χ0n) is 36.2. The summed E-state index contributed by atoms with van der Waals surface area (Å²) in [5.41, 5.74) is 16.2. The maximum Gasteiger partial charge on any atom is 0.0542 e. The minimum Gasteiger partial charge on any atom is -0.310 e. The van der Waals surface area contributed by atoms with Gasteiger partial charge in [-0.3, -0.25) is 0 Å². The van der Waals surface area contributed by atoms with Crippen molar-refractivity contribution in [1.82, 2.24) is 9.13 Å². The number of allylic oxidation sites excluding steroid dienone is 4. The van der Waals surface area contributed by atoms with Crippen LogP contribution in [-0.2, 0) is 0 Å². The third-order valence-corrected chi connectivity index (χ3v) is 13.0. The molecule has 0 saturated heterocycles. The number of hydrogen-bond acceptors (Lipinski definition) is 2. The zero-order valence-corrected chi connectivity index (χ0v) is 36.2. The second-order valence-corrected chi connectivity index (χ2v) is 17.1. The van der Waals surface area contributed by atoms with Crippen LogP contribution in [0.3, 0.4) is 0 Å². The van der Waals surface area contributed by atoms with E-state index in [2.05, 4.69) is 269 Å². The van der Waals surface area contributed by atoms with Gasteiger partial charge in [0, 0.05) is 67.1 Å². The van der Waals surface area contributed by atoms with E-state index in [1.807, 2.05) is 0 Å². The Morgan fingerprint density at radius 3 is 1.28 bits per heavy atom. The first-order chi connectivity index (χ1) is 32.2. The summed E-state index contributed by atoms with van der Waals surface area (Å²) in [6.07, 6.45) is 8.06. The van der Waals surface area contributed by atoms with Crippen LogP contribution in [0.4, 0.5) is 34.1 Å². The Morgan fingerprint density at radius 2 is 0.769 bits per heavy atom. The van der Waals surface area contributed by atoms with Gasteiger partial charge in [0.15, 0.2) is 0 Å². The van der Waals surface area contributed by atoms with E-state index in [1.54, 1.807) is 0 Å². The summed E-state index contributed by atoms with van der Waals surface area (Å²) < 4.78 is 4.80. The Bertz CT molecular complexity index is 3560. The Labute approximate surface area is 379 Å². The largest absolute Gasteiger partial charge is 0.310 e. The van der Waals surface area contributed by atoms with Gasteiger partial charge in [0.05, 0.1) is 22.1 Å². The van der Waals surface area contributed by atoms with Crippen LogP contribution in [0.5, 0.6) is 0 Å². The molecule has 0 N–H and O–H groups in total. The summed E-state index contributed by atoms with van der Waals surface area (Å²) in [6.45, 7) is 2.29. The molecule has 4 heteroatoms. The number of anilines is 6. The second kappa shape index (κ2) is 16.1. The highest BCUT2D eigenvalue weighted by molar-refractivity contribution is 6.12. The van der Waals surface area contributed by atoms with E-state index < -0.39 is 0 Å². The topological polar surface area (TPSA) is 16.3 Å². The van der Waals surface area contributed by atoms with E-state index in [4.69, 9.17) is 0 Å². The predicted octanol–water partition coefficient (Wildman–Crippen LogP) is 16.9. The molecule has 0 radical (unpaired) electrons. The van der Waals surface area contributed by atoms with Crippen LogP contribution >= 0.6 is 0 Å². The second-order valence-electron chi connectivity index (χ2n) is 17.1. The van der Waals surface area contributed by atoms with Gasteiger partial charge in [-0.15, -0.1) is 0 Å². The van der Waals surface area contributed by atoms with E-state index >= 15 is 0 Å². The lowest BCUT2D eigenvalue weighted by molar-refractivity contribution is 0.735. The molecule has 0 amide bonds. The number of nitrogens with zero attached hydrogens (tertiary/aromatic N) is 4. The molecule has 65 heavy (non-hydrogen) atoms. The van der Waals surface area contributed by atoms with Crippen LogP contribution in [0.25, 0.3) is 66.1 Å². The van der Waals surface area contributed by atoms with Crippen LogP contribution in [0, 0.1) is 5.92 Å². The molecule has 0 fully saturated rings. The van der Waals surface area contributed by atoms with Gasteiger partial charge in [0.25, 0.3) is 0 Å². The number of rotatable bonds is 9. The first-order valence-electron chi connectivity index (χ1n) is 22.6. The maximum absolute atomic E-state index is 2.43. The lowest BCUT2D eigenvalue weighted by Gasteiger charge is -2.26. The molecule has 0 spiro atoms. The normalized spacial score (nSPS) is 13.7. The van der Waals surface area contributed by atoms with E-state index in [0.717, 1.165) is 57.4 Å². The van der Waals surface area contributed by atoms with Crippen LogP contribution in [0.2, 0.25) is 0 Å². The monoisotopic (exact) mass is 834 g/mol. The Hall–Kier alpha value is -8.34. The minimum absolute atomic E-state index is 0.506. The quantitative estimate of drug-likeness (QED) is 0.144. The lowest BCUT2D eigenvalue weighted by atomic mass is 10.0. The molecular formula is C61H46N4. The first kappa shape index (κ1) is 38.3. The molecule has 12 rings (SSSR count). The third kappa shape index (κ3) is 6.79. The average molecular weight is 835 g/mol. The number of hydrogen-bond donors (Lipinski definition) is 0. The summed E-state index contributed by atoms with van der Waals surface area (Å²) in [5, 5.41) is 4.95. The van der Waals surface area contributed by atoms with Crippen molar-refractivity contribution in [3.05, 3.63) is 243 Å². The fourth-order valence-electron chi connectivity index (χ4n) is 9.96. The molecular weight excluding hydrogens is 789 g/mol. The van der Waals surface area contributed by atoms with Crippen molar-refractivity contribution in [3.8, 4) is 16.8 Å². The Kier molecular flexibility index (Phi) is 9.49. The number of fused-ring (bicyclic) bond motifs is 6. The van der Waals surface area contributed by atoms with Crippen molar-refractivity contribution in [3.63, 3.8) is 0 Å². The van der Waals surface area contributed by atoms with Gasteiger partial charge in [-0.25, -0.2) is 0 Å². The molecule has 0 bridgehead atoms. The van der Waals surface area contributed by atoms with E-state index in [-0.39, 0.29) is 0 Å². The fraction of sp³-hybridized carbons (Fsp3) is 0.0492. The summed E-state index contributed by atoms with van der Waals surface area (Å²) >= 11 is 0. The molecule has 1 aliphatic rings. The number of aromatic nitrogens is 2.